The Hall–Kier alpha value is -2.94. The van der Waals surface area contributed by atoms with Gasteiger partial charge in [0.2, 0.25) is 5.91 Å². The molecule has 0 unspecified atom stereocenters. The smallest absolute Gasteiger partial charge is 0.246 e. The van der Waals surface area contributed by atoms with E-state index >= 15 is 0 Å². The van der Waals surface area contributed by atoms with Crippen molar-refractivity contribution in [1.82, 2.24) is 9.88 Å². The number of rotatable bonds is 3. The van der Waals surface area contributed by atoms with Crippen molar-refractivity contribution in [2.24, 2.45) is 0 Å². The van der Waals surface area contributed by atoms with E-state index in [4.69, 9.17) is 0 Å². The van der Waals surface area contributed by atoms with Crippen LogP contribution < -0.4 is 0 Å². The summed E-state index contributed by atoms with van der Waals surface area (Å²) in [6.45, 7) is 0. The second-order valence-corrected chi connectivity index (χ2v) is 5.60. The van der Waals surface area contributed by atoms with E-state index in [0.717, 1.165) is 22.1 Å². The molecule has 1 aromatic heterocycles. The van der Waals surface area contributed by atoms with Gasteiger partial charge < -0.3 is 4.90 Å². The molecule has 0 fully saturated rings. The number of likely N-dealkylation sites (N-methyl/N-ethyl adjacent to an activating group) is 1. The van der Waals surface area contributed by atoms with Gasteiger partial charge in [-0.2, -0.15) is 0 Å². The second-order valence-electron chi connectivity index (χ2n) is 5.60. The summed E-state index contributed by atoms with van der Waals surface area (Å²) in [7, 11) is 3.48. The summed E-state index contributed by atoms with van der Waals surface area (Å²) in [4.78, 5) is 17.5. The fraction of sp³-hybridized carbons (Fsp3) is 0.100. The first kappa shape index (κ1) is 15.0. The van der Waals surface area contributed by atoms with Crippen LogP contribution in [0.4, 0.5) is 0 Å². The molecule has 0 saturated carbocycles. The van der Waals surface area contributed by atoms with E-state index in [1.54, 1.807) is 25.1 Å². The number of carbonyl (C=O) groups excluding carboxylic acids is 1. The Labute approximate surface area is 135 Å². The predicted molar refractivity (Wildman–Crippen MR) is 94.9 cm³/mol. The lowest BCUT2D eigenvalue weighted by Gasteiger charge is -2.07. The monoisotopic (exact) mass is 302 g/mol. The van der Waals surface area contributed by atoms with Crippen LogP contribution in [-0.2, 0) is 4.79 Å². The summed E-state index contributed by atoms with van der Waals surface area (Å²) in [5.74, 6) is -0.0210. The van der Waals surface area contributed by atoms with Crippen LogP contribution in [-0.4, -0.2) is 29.9 Å². The Morgan fingerprint density at radius 3 is 2.48 bits per heavy atom. The molecule has 23 heavy (non-hydrogen) atoms. The van der Waals surface area contributed by atoms with Gasteiger partial charge in [-0.3, -0.25) is 9.78 Å². The molecule has 1 amide bonds. The minimum absolute atomic E-state index is 0.0210. The van der Waals surface area contributed by atoms with Crippen LogP contribution in [0.5, 0.6) is 0 Å². The minimum atomic E-state index is -0.0210. The molecule has 0 radical (unpaired) electrons. The standard InChI is InChI=1S/C20H18N2O/c1-22(2)20(23)12-9-15-7-10-16(11-8-15)19-14-21-13-17-5-3-4-6-18(17)19/h3-14H,1-2H3/b12-9+. The molecule has 0 aliphatic carbocycles. The van der Waals surface area contributed by atoms with Crippen molar-refractivity contribution < 1.29 is 4.79 Å². The molecule has 0 bridgehead atoms. The van der Waals surface area contributed by atoms with E-state index < -0.39 is 0 Å². The number of benzene rings is 2. The average Bonchev–Trinajstić information content (AvgIpc) is 2.59. The summed E-state index contributed by atoms with van der Waals surface area (Å²) >= 11 is 0. The predicted octanol–water partition coefficient (Wildman–Crippen LogP) is 4.00. The number of aromatic nitrogens is 1. The highest BCUT2D eigenvalue weighted by molar-refractivity contribution is 5.96. The Kier molecular flexibility index (Phi) is 4.20. The lowest BCUT2D eigenvalue weighted by Crippen LogP contribution is -2.18. The van der Waals surface area contributed by atoms with Crippen LogP contribution >= 0.6 is 0 Å². The van der Waals surface area contributed by atoms with Crippen molar-refractivity contribution in [3.05, 3.63) is 72.6 Å². The summed E-state index contributed by atoms with van der Waals surface area (Å²) in [6, 6.07) is 16.4. The van der Waals surface area contributed by atoms with Gasteiger partial charge in [-0.25, -0.2) is 0 Å². The third-order valence-corrected chi connectivity index (χ3v) is 3.75. The van der Waals surface area contributed by atoms with Gasteiger partial charge in [0.25, 0.3) is 0 Å². The highest BCUT2D eigenvalue weighted by Gasteiger charge is 2.04. The van der Waals surface area contributed by atoms with Crippen molar-refractivity contribution in [3.63, 3.8) is 0 Å². The summed E-state index contributed by atoms with van der Waals surface area (Å²) in [6.07, 6.45) is 7.17. The summed E-state index contributed by atoms with van der Waals surface area (Å²) < 4.78 is 0. The third-order valence-electron chi connectivity index (χ3n) is 3.75. The van der Waals surface area contributed by atoms with Crippen molar-refractivity contribution >= 4 is 22.8 Å². The van der Waals surface area contributed by atoms with Crippen molar-refractivity contribution in [1.29, 1.82) is 0 Å². The van der Waals surface area contributed by atoms with Crippen molar-refractivity contribution in [3.8, 4) is 11.1 Å². The van der Waals surface area contributed by atoms with E-state index in [2.05, 4.69) is 29.2 Å². The van der Waals surface area contributed by atoms with Gasteiger partial charge in [0.1, 0.15) is 0 Å². The van der Waals surface area contributed by atoms with Crippen LogP contribution in [0.15, 0.2) is 67.0 Å². The van der Waals surface area contributed by atoms with E-state index in [0.29, 0.717) is 0 Å². The molecule has 3 nitrogen and oxygen atoms in total. The zero-order valence-electron chi connectivity index (χ0n) is 13.2. The van der Waals surface area contributed by atoms with Gasteiger partial charge in [-0.15, -0.1) is 0 Å². The molecule has 1 heterocycles. The Bertz CT molecular complexity index is 859. The van der Waals surface area contributed by atoms with E-state index in [1.807, 2.05) is 42.7 Å². The van der Waals surface area contributed by atoms with Crippen molar-refractivity contribution in [2.75, 3.05) is 14.1 Å². The first-order chi connectivity index (χ1) is 11.1. The molecular weight excluding hydrogens is 284 g/mol. The molecular formula is C20H18N2O. The lowest BCUT2D eigenvalue weighted by molar-refractivity contribution is -0.123. The Morgan fingerprint density at radius 1 is 1.00 bits per heavy atom. The van der Waals surface area contributed by atoms with Gasteiger partial charge >= 0.3 is 0 Å². The number of carbonyl (C=O) groups is 1. The van der Waals surface area contributed by atoms with Crippen molar-refractivity contribution in [2.45, 2.75) is 0 Å². The fourth-order valence-electron chi connectivity index (χ4n) is 2.44. The number of hydrogen-bond acceptors (Lipinski definition) is 2. The molecule has 3 heteroatoms. The van der Waals surface area contributed by atoms with E-state index in [-0.39, 0.29) is 5.91 Å². The topological polar surface area (TPSA) is 33.2 Å². The molecule has 0 aliphatic rings. The highest BCUT2D eigenvalue weighted by Crippen LogP contribution is 2.27. The lowest BCUT2D eigenvalue weighted by atomic mass is 10.00. The SMILES string of the molecule is CN(C)C(=O)/C=C/c1ccc(-c2cncc3ccccc23)cc1. The summed E-state index contributed by atoms with van der Waals surface area (Å²) in [5.41, 5.74) is 3.23. The molecule has 0 N–H and O–H groups in total. The zero-order chi connectivity index (χ0) is 16.2. The number of amides is 1. The number of nitrogens with zero attached hydrogens (tertiary/aromatic N) is 2. The second kappa shape index (κ2) is 6.44. The number of pyridine rings is 1. The maximum atomic E-state index is 11.6. The Morgan fingerprint density at radius 2 is 1.74 bits per heavy atom. The summed E-state index contributed by atoms with van der Waals surface area (Å²) in [5, 5.41) is 2.32. The largest absolute Gasteiger partial charge is 0.345 e. The molecule has 0 saturated heterocycles. The molecule has 0 atom stereocenters. The van der Waals surface area contributed by atoms with E-state index in [9.17, 15) is 4.79 Å². The maximum Gasteiger partial charge on any atom is 0.246 e. The molecule has 0 spiro atoms. The zero-order valence-corrected chi connectivity index (χ0v) is 13.2. The molecule has 2 aromatic carbocycles. The van der Waals surface area contributed by atoms with Gasteiger partial charge in [0.05, 0.1) is 0 Å². The molecule has 3 aromatic rings. The number of hydrogen-bond donors (Lipinski definition) is 0. The quantitative estimate of drug-likeness (QED) is 0.685. The normalized spacial score (nSPS) is 11.0. The first-order valence-electron chi connectivity index (χ1n) is 7.48. The minimum Gasteiger partial charge on any atom is -0.345 e. The molecule has 114 valence electrons. The Balaban J connectivity index is 1.91. The third kappa shape index (κ3) is 3.29. The van der Waals surface area contributed by atoms with Gasteiger partial charge in [0, 0.05) is 43.5 Å². The average molecular weight is 302 g/mol. The van der Waals surface area contributed by atoms with Gasteiger partial charge in [-0.1, -0.05) is 48.5 Å². The van der Waals surface area contributed by atoms with Crippen LogP contribution in [0.25, 0.3) is 28.0 Å². The van der Waals surface area contributed by atoms with Gasteiger partial charge in [-0.05, 0) is 22.6 Å². The number of fused-ring (bicyclic) bond motifs is 1. The molecule has 3 rings (SSSR count). The van der Waals surface area contributed by atoms with Crippen LogP contribution in [0.3, 0.4) is 0 Å². The van der Waals surface area contributed by atoms with Crippen LogP contribution in [0.2, 0.25) is 0 Å². The van der Waals surface area contributed by atoms with E-state index in [1.165, 1.54) is 5.39 Å². The van der Waals surface area contributed by atoms with Crippen LogP contribution in [0.1, 0.15) is 5.56 Å². The van der Waals surface area contributed by atoms with Crippen LogP contribution in [0, 0.1) is 0 Å². The highest BCUT2D eigenvalue weighted by atomic mass is 16.2. The fourth-order valence-corrected chi connectivity index (χ4v) is 2.44. The molecule has 0 aliphatic heterocycles. The maximum absolute atomic E-state index is 11.6. The first-order valence-corrected chi connectivity index (χ1v) is 7.48. The van der Waals surface area contributed by atoms with Gasteiger partial charge in [0.15, 0.2) is 0 Å².